The molecule has 3 heterocycles. The van der Waals surface area contributed by atoms with Crippen molar-refractivity contribution in [1.82, 2.24) is 20.2 Å². The van der Waals surface area contributed by atoms with Crippen LogP contribution in [0.3, 0.4) is 0 Å². The minimum atomic E-state index is -0.215. The van der Waals surface area contributed by atoms with E-state index in [1.807, 2.05) is 16.8 Å². The summed E-state index contributed by atoms with van der Waals surface area (Å²) >= 11 is 0. The minimum Gasteiger partial charge on any atom is -0.376 e. The number of nitrogens with zero attached hydrogens (tertiary/aromatic N) is 4. The quantitative estimate of drug-likeness (QED) is 0.878. The fourth-order valence-electron chi connectivity index (χ4n) is 3.87. The average Bonchev–Trinajstić information content (AvgIpc) is 3.34. The van der Waals surface area contributed by atoms with Crippen molar-refractivity contribution in [2.24, 2.45) is 0 Å². The van der Waals surface area contributed by atoms with Crippen LogP contribution in [0.2, 0.25) is 0 Å². The Balaban J connectivity index is 1.65. The fourth-order valence-corrected chi connectivity index (χ4v) is 3.87. The van der Waals surface area contributed by atoms with Crippen LogP contribution in [-0.2, 0) is 11.3 Å². The van der Waals surface area contributed by atoms with Gasteiger partial charge in [-0.25, -0.2) is 9.07 Å². The highest BCUT2D eigenvalue weighted by atomic mass is 19.1. The summed E-state index contributed by atoms with van der Waals surface area (Å²) in [6.45, 7) is 3.69. The predicted octanol–water partition coefficient (Wildman–Crippen LogP) is 0.759. The van der Waals surface area contributed by atoms with Crippen LogP contribution in [0.4, 0.5) is 4.39 Å². The maximum Gasteiger partial charge on any atom is 0.214 e. The van der Waals surface area contributed by atoms with E-state index in [0.717, 1.165) is 43.9 Å². The van der Waals surface area contributed by atoms with Gasteiger partial charge in [-0.3, -0.25) is 0 Å². The number of nitrogens with one attached hydrogen (secondary N) is 1. The molecule has 2 aromatic rings. The maximum atomic E-state index is 13.4. The Kier molecular flexibility index (Phi) is 4.53. The zero-order chi connectivity index (χ0) is 16.4. The first-order chi connectivity index (χ1) is 11.8. The molecule has 1 aromatic heterocycles. The molecule has 1 aromatic carbocycles. The van der Waals surface area contributed by atoms with Crippen molar-refractivity contribution in [3.63, 3.8) is 0 Å². The number of benzene rings is 1. The van der Waals surface area contributed by atoms with Crippen LogP contribution < -0.4 is 4.90 Å². The summed E-state index contributed by atoms with van der Waals surface area (Å²) in [4.78, 5) is 1.45. The smallest absolute Gasteiger partial charge is 0.214 e. The second-order valence-corrected chi connectivity index (χ2v) is 6.70. The van der Waals surface area contributed by atoms with Crippen molar-refractivity contribution in [2.45, 2.75) is 44.4 Å². The second-order valence-electron chi connectivity index (χ2n) is 6.70. The van der Waals surface area contributed by atoms with E-state index in [1.165, 1.54) is 29.9 Å². The van der Waals surface area contributed by atoms with Gasteiger partial charge in [-0.2, -0.15) is 0 Å². The van der Waals surface area contributed by atoms with Gasteiger partial charge in [0.05, 0.1) is 25.7 Å². The minimum absolute atomic E-state index is 0.0458. The molecule has 2 aliphatic heterocycles. The molecule has 0 bridgehead atoms. The molecular formula is C17H23FN5O+. The topological polar surface area (TPSA) is 57.3 Å². The second kappa shape index (κ2) is 6.94. The lowest BCUT2D eigenvalue weighted by molar-refractivity contribution is -0.914. The van der Waals surface area contributed by atoms with Gasteiger partial charge in [0.15, 0.2) is 6.04 Å². The van der Waals surface area contributed by atoms with Gasteiger partial charge in [0.25, 0.3) is 0 Å². The van der Waals surface area contributed by atoms with Gasteiger partial charge < -0.3 is 9.64 Å². The Morgan fingerprint density at radius 3 is 2.71 bits per heavy atom. The van der Waals surface area contributed by atoms with Gasteiger partial charge >= 0.3 is 0 Å². The molecule has 7 heteroatoms. The molecule has 0 radical (unpaired) electrons. The molecule has 0 spiro atoms. The molecule has 2 fully saturated rings. The summed E-state index contributed by atoms with van der Waals surface area (Å²) in [6.07, 6.45) is 4.76. The zero-order valence-electron chi connectivity index (χ0n) is 13.7. The van der Waals surface area contributed by atoms with Crippen LogP contribution in [0.15, 0.2) is 24.3 Å². The fraction of sp³-hybridized carbons (Fsp3) is 0.588. The van der Waals surface area contributed by atoms with Gasteiger partial charge in [-0.15, -0.1) is 5.10 Å². The highest BCUT2D eigenvalue weighted by Gasteiger charge is 2.34. The third kappa shape index (κ3) is 3.18. The van der Waals surface area contributed by atoms with Crippen LogP contribution in [-0.4, -0.2) is 46.0 Å². The number of likely N-dealkylation sites (tertiary alicyclic amines) is 1. The van der Waals surface area contributed by atoms with E-state index < -0.39 is 0 Å². The average molecular weight is 332 g/mol. The molecule has 128 valence electrons. The van der Waals surface area contributed by atoms with Crippen molar-refractivity contribution in [3.8, 4) is 0 Å². The van der Waals surface area contributed by atoms with Crippen molar-refractivity contribution in [2.75, 3.05) is 19.7 Å². The van der Waals surface area contributed by atoms with Crippen molar-refractivity contribution in [1.29, 1.82) is 0 Å². The van der Waals surface area contributed by atoms with Gasteiger partial charge in [0.2, 0.25) is 5.82 Å². The third-order valence-corrected chi connectivity index (χ3v) is 5.08. The Morgan fingerprint density at radius 1 is 1.21 bits per heavy atom. The molecule has 4 rings (SSSR count). The molecular weight excluding hydrogens is 309 g/mol. The Labute approximate surface area is 140 Å². The highest BCUT2D eigenvalue weighted by Crippen LogP contribution is 2.21. The monoisotopic (exact) mass is 332 g/mol. The van der Waals surface area contributed by atoms with E-state index in [2.05, 4.69) is 15.5 Å². The SMILES string of the molecule is Fc1ccc([C@@H](c2nnnn2C[C@H]2CCCO2)[NH+]2CCCC2)cc1. The lowest BCUT2D eigenvalue weighted by Crippen LogP contribution is -3.10. The molecule has 0 saturated carbocycles. The van der Waals surface area contributed by atoms with Gasteiger partial charge in [0.1, 0.15) is 5.82 Å². The van der Waals surface area contributed by atoms with Crippen LogP contribution in [0.25, 0.3) is 0 Å². The van der Waals surface area contributed by atoms with E-state index in [4.69, 9.17) is 4.74 Å². The maximum absolute atomic E-state index is 13.4. The molecule has 0 unspecified atom stereocenters. The zero-order valence-corrected chi connectivity index (χ0v) is 13.7. The number of quaternary nitrogens is 1. The van der Waals surface area contributed by atoms with Crippen LogP contribution >= 0.6 is 0 Å². The van der Waals surface area contributed by atoms with Crippen molar-refractivity contribution < 1.29 is 14.0 Å². The first-order valence-electron chi connectivity index (χ1n) is 8.79. The van der Waals surface area contributed by atoms with Gasteiger partial charge in [-0.05, 0) is 47.5 Å². The Morgan fingerprint density at radius 2 is 2.00 bits per heavy atom. The Hall–Kier alpha value is -1.86. The molecule has 0 amide bonds. The number of aromatic nitrogens is 4. The molecule has 2 aliphatic rings. The first-order valence-corrected chi connectivity index (χ1v) is 8.79. The first kappa shape index (κ1) is 15.7. The summed E-state index contributed by atoms with van der Waals surface area (Å²) in [5.74, 6) is 0.641. The van der Waals surface area contributed by atoms with E-state index in [1.54, 1.807) is 0 Å². The van der Waals surface area contributed by atoms with E-state index in [0.29, 0.717) is 6.54 Å². The van der Waals surface area contributed by atoms with E-state index >= 15 is 0 Å². The highest BCUT2D eigenvalue weighted by molar-refractivity contribution is 5.23. The number of halogens is 1. The standard InChI is InChI=1S/C17H22FN5O/c18-14-7-5-13(6-8-14)16(22-9-1-2-10-22)17-19-20-21-23(17)12-15-4-3-11-24-15/h5-8,15-16H,1-4,9-12H2/p+1/t15-,16+/m1/s1. The third-order valence-electron chi connectivity index (χ3n) is 5.08. The summed E-state index contributed by atoms with van der Waals surface area (Å²) in [5, 5.41) is 12.5. The number of tetrazole rings is 1. The number of ether oxygens (including phenoxy) is 1. The molecule has 1 N–H and O–H groups in total. The largest absolute Gasteiger partial charge is 0.376 e. The summed E-state index contributed by atoms with van der Waals surface area (Å²) in [6, 6.07) is 6.80. The lowest BCUT2D eigenvalue weighted by atomic mass is 10.0. The molecule has 2 saturated heterocycles. The summed E-state index contributed by atoms with van der Waals surface area (Å²) < 4.78 is 21.0. The summed E-state index contributed by atoms with van der Waals surface area (Å²) in [7, 11) is 0. The molecule has 2 atom stereocenters. The van der Waals surface area contributed by atoms with E-state index in [9.17, 15) is 4.39 Å². The van der Waals surface area contributed by atoms with Crippen molar-refractivity contribution in [3.05, 3.63) is 41.5 Å². The number of hydrogen-bond acceptors (Lipinski definition) is 4. The van der Waals surface area contributed by atoms with E-state index in [-0.39, 0.29) is 18.0 Å². The van der Waals surface area contributed by atoms with Crippen LogP contribution in [0, 0.1) is 5.82 Å². The number of rotatable bonds is 5. The molecule has 6 nitrogen and oxygen atoms in total. The lowest BCUT2D eigenvalue weighted by Gasteiger charge is -2.24. The van der Waals surface area contributed by atoms with Crippen LogP contribution in [0.5, 0.6) is 0 Å². The summed E-state index contributed by atoms with van der Waals surface area (Å²) in [5.41, 5.74) is 1.07. The predicted molar refractivity (Wildman–Crippen MR) is 85.0 cm³/mol. The molecule has 0 aliphatic carbocycles. The normalized spacial score (nSPS) is 23.0. The van der Waals surface area contributed by atoms with Crippen molar-refractivity contribution >= 4 is 0 Å². The van der Waals surface area contributed by atoms with Gasteiger partial charge in [0, 0.05) is 25.0 Å². The number of hydrogen-bond donors (Lipinski definition) is 1. The van der Waals surface area contributed by atoms with Crippen LogP contribution in [0.1, 0.15) is 43.1 Å². The molecule has 24 heavy (non-hydrogen) atoms. The van der Waals surface area contributed by atoms with Gasteiger partial charge in [-0.1, -0.05) is 0 Å². The Bertz CT molecular complexity index is 662.